The van der Waals surface area contributed by atoms with Gasteiger partial charge in [-0.2, -0.15) is 0 Å². The normalized spacial score (nSPS) is 23.5. The molecule has 1 heterocycles. The monoisotopic (exact) mass is 385 g/mol. The Morgan fingerprint density at radius 2 is 1.46 bits per heavy atom. The molecule has 1 aliphatic heterocycles. The molecule has 1 N–H and O–H groups in total. The number of likely N-dealkylation sites (N-methyl/N-ethyl adjacent to an activating group) is 1. The number of nitrogens with zero attached hydrogens (tertiary/aromatic N) is 2. The molecule has 2 fully saturated rings. The molecule has 0 aromatic heterocycles. The first kappa shape index (κ1) is 20.8. The first-order valence-electron chi connectivity index (χ1n) is 10.8. The van der Waals surface area contributed by atoms with E-state index in [9.17, 15) is 9.59 Å². The minimum atomic E-state index is 0.0149. The van der Waals surface area contributed by atoms with Crippen molar-refractivity contribution in [3.05, 3.63) is 28.8 Å². The van der Waals surface area contributed by atoms with Crippen LogP contribution < -0.4 is 5.32 Å². The molecule has 1 aliphatic carbocycles. The Kier molecular flexibility index (Phi) is 6.76. The van der Waals surface area contributed by atoms with E-state index in [1.807, 2.05) is 18.7 Å². The lowest BCUT2D eigenvalue weighted by Gasteiger charge is -2.37. The van der Waals surface area contributed by atoms with Crippen molar-refractivity contribution in [3.63, 3.8) is 0 Å². The predicted molar refractivity (Wildman–Crippen MR) is 113 cm³/mol. The highest BCUT2D eigenvalue weighted by atomic mass is 16.2. The molecule has 1 saturated heterocycles. The van der Waals surface area contributed by atoms with Crippen LogP contribution in [0, 0.1) is 32.6 Å². The first-order valence-corrected chi connectivity index (χ1v) is 10.8. The second kappa shape index (κ2) is 9.08. The molecule has 0 atom stereocenters. The Morgan fingerprint density at radius 1 is 0.929 bits per heavy atom. The summed E-state index contributed by atoms with van der Waals surface area (Å²) in [7, 11) is 0. The number of aryl methyl sites for hydroxylation is 3. The van der Waals surface area contributed by atoms with Crippen molar-refractivity contribution >= 4 is 17.5 Å². The van der Waals surface area contributed by atoms with E-state index < -0.39 is 0 Å². The Balaban J connectivity index is 1.51. The third kappa shape index (κ3) is 4.75. The average Bonchev–Trinajstić information content (AvgIpc) is 2.70. The van der Waals surface area contributed by atoms with Crippen LogP contribution >= 0.6 is 0 Å². The van der Waals surface area contributed by atoms with Gasteiger partial charge in [0.25, 0.3) is 0 Å². The standard InChI is InChI=1S/C23H35N3O2/c1-5-25-10-12-26(13-11-25)23(28)20-8-6-19(7-9-20)22(27)24-21-17(3)14-16(2)15-18(21)4/h14-15,19-20H,5-13H2,1-4H3,(H,24,27). The summed E-state index contributed by atoms with van der Waals surface area (Å²) in [5.74, 6) is 0.526. The molecule has 28 heavy (non-hydrogen) atoms. The van der Waals surface area contributed by atoms with Crippen molar-refractivity contribution in [1.82, 2.24) is 9.80 Å². The van der Waals surface area contributed by atoms with Crippen LogP contribution in [0.25, 0.3) is 0 Å². The minimum absolute atomic E-state index is 0.0149. The molecule has 0 unspecified atom stereocenters. The Hall–Kier alpha value is -1.88. The fourth-order valence-electron chi connectivity index (χ4n) is 4.75. The maximum absolute atomic E-state index is 12.8. The molecule has 1 aromatic carbocycles. The van der Waals surface area contributed by atoms with E-state index in [4.69, 9.17) is 0 Å². The Bertz CT molecular complexity index is 692. The van der Waals surface area contributed by atoms with Gasteiger partial charge in [-0.15, -0.1) is 0 Å². The number of hydrogen-bond acceptors (Lipinski definition) is 3. The molecule has 5 nitrogen and oxygen atoms in total. The average molecular weight is 386 g/mol. The molecule has 5 heteroatoms. The predicted octanol–water partition coefficient (Wildman–Crippen LogP) is 3.52. The molecule has 2 aliphatic rings. The van der Waals surface area contributed by atoms with Gasteiger partial charge in [0.1, 0.15) is 0 Å². The second-order valence-corrected chi connectivity index (χ2v) is 8.57. The zero-order valence-corrected chi connectivity index (χ0v) is 17.9. The van der Waals surface area contributed by atoms with Crippen molar-refractivity contribution in [3.8, 4) is 0 Å². The summed E-state index contributed by atoms with van der Waals surface area (Å²) >= 11 is 0. The third-order valence-electron chi connectivity index (χ3n) is 6.50. The van der Waals surface area contributed by atoms with E-state index in [-0.39, 0.29) is 17.7 Å². The summed E-state index contributed by atoms with van der Waals surface area (Å²) in [4.78, 5) is 30.1. The van der Waals surface area contributed by atoms with Crippen LogP contribution in [0.5, 0.6) is 0 Å². The first-order chi connectivity index (χ1) is 13.4. The van der Waals surface area contributed by atoms with E-state index >= 15 is 0 Å². The highest BCUT2D eigenvalue weighted by Crippen LogP contribution is 2.32. The van der Waals surface area contributed by atoms with Crippen LogP contribution in [0.1, 0.15) is 49.3 Å². The number of piperazine rings is 1. The molecule has 154 valence electrons. The van der Waals surface area contributed by atoms with Gasteiger partial charge in [-0.3, -0.25) is 9.59 Å². The number of anilines is 1. The molecule has 1 saturated carbocycles. The molecular weight excluding hydrogens is 350 g/mol. The lowest BCUT2D eigenvalue weighted by atomic mass is 9.80. The van der Waals surface area contributed by atoms with Crippen molar-refractivity contribution in [2.75, 3.05) is 38.0 Å². The lowest BCUT2D eigenvalue weighted by Crippen LogP contribution is -2.50. The minimum Gasteiger partial charge on any atom is -0.340 e. The van der Waals surface area contributed by atoms with E-state index in [0.717, 1.165) is 75.2 Å². The summed E-state index contributed by atoms with van der Waals surface area (Å²) in [5, 5.41) is 3.15. The highest BCUT2D eigenvalue weighted by molar-refractivity contribution is 5.94. The van der Waals surface area contributed by atoms with Gasteiger partial charge in [-0.1, -0.05) is 24.6 Å². The van der Waals surface area contributed by atoms with E-state index in [2.05, 4.69) is 36.2 Å². The number of amides is 2. The van der Waals surface area contributed by atoms with Crippen LogP contribution in [0.4, 0.5) is 5.69 Å². The number of benzene rings is 1. The molecule has 0 spiro atoms. The van der Waals surface area contributed by atoms with Crippen LogP contribution in [-0.2, 0) is 9.59 Å². The molecule has 0 radical (unpaired) electrons. The van der Waals surface area contributed by atoms with Crippen molar-refractivity contribution < 1.29 is 9.59 Å². The van der Waals surface area contributed by atoms with Gasteiger partial charge in [0.05, 0.1) is 0 Å². The topological polar surface area (TPSA) is 52.7 Å². The summed E-state index contributed by atoms with van der Waals surface area (Å²) in [6, 6.07) is 4.22. The summed E-state index contributed by atoms with van der Waals surface area (Å²) in [6.07, 6.45) is 3.27. The molecular formula is C23H35N3O2. The van der Waals surface area contributed by atoms with Crippen LogP contribution in [0.2, 0.25) is 0 Å². The summed E-state index contributed by atoms with van der Waals surface area (Å²) in [6.45, 7) is 13.0. The number of carbonyl (C=O) groups is 2. The summed E-state index contributed by atoms with van der Waals surface area (Å²) < 4.78 is 0. The third-order valence-corrected chi connectivity index (χ3v) is 6.50. The summed E-state index contributed by atoms with van der Waals surface area (Å²) in [5.41, 5.74) is 4.39. The molecule has 0 bridgehead atoms. The van der Waals surface area contributed by atoms with Crippen LogP contribution in [0.15, 0.2) is 12.1 Å². The Labute approximate surface area is 169 Å². The van der Waals surface area contributed by atoms with E-state index in [0.29, 0.717) is 5.91 Å². The van der Waals surface area contributed by atoms with E-state index in [1.54, 1.807) is 0 Å². The lowest BCUT2D eigenvalue weighted by molar-refractivity contribution is -0.139. The molecule has 1 aromatic rings. The fourth-order valence-corrected chi connectivity index (χ4v) is 4.75. The molecule has 3 rings (SSSR count). The quantitative estimate of drug-likeness (QED) is 0.863. The molecule has 2 amide bonds. The van der Waals surface area contributed by atoms with Crippen LogP contribution in [-0.4, -0.2) is 54.3 Å². The van der Waals surface area contributed by atoms with Crippen LogP contribution in [0.3, 0.4) is 0 Å². The SMILES string of the molecule is CCN1CCN(C(=O)C2CCC(C(=O)Nc3c(C)cc(C)cc3C)CC2)CC1. The van der Waals surface area contributed by atoms with Crippen molar-refractivity contribution in [2.24, 2.45) is 11.8 Å². The van der Waals surface area contributed by atoms with Gasteiger partial charge >= 0.3 is 0 Å². The Morgan fingerprint density at radius 3 is 2.00 bits per heavy atom. The van der Waals surface area contributed by atoms with Gasteiger partial charge in [0, 0.05) is 43.7 Å². The van der Waals surface area contributed by atoms with Gasteiger partial charge < -0.3 is 15.1 Å². The van der Waals surface area contributed by atoms with Gasteiger partial charge in [-0.05, 0) is 64.1 Å². The van der Waals surface area contributed by atoms with Gasteiger partial charge in [0.2, 0.25) is 11.8 Å². The maximum atomic E-state index is 12.8. The smallest absolute Gasteiger partial charge is 0.227 e. The van der Waals surface area contributed by atoms with Gasteiger partial charge in [0.15, 0.2) is 0 Å². The highest BCUT2D eigenvalue weighted by Gasteiger charge is 2.33. The van der Waals surface area contributed by atoms with Crippen molar-refractivity contribution in [2.45, 2.75) is 53.4 Å². The zero-order valence-electron chi connectivity index (χ0n) is 17.9. The van der Waals surface area contributed by atoms with Crippen molar-refractivity contribution in [1.29, 1.82) is 0 Å². The van der Waals surface area contributed by atoms with E-state index in [1.165, 1.54) is 5.56 Å². The number of hydrogen-bond donors (Lipinski definition) is 1. The largest absolute Gasteiger partial charge is 0.340 e. The zero-order chi connectivity index (χ0) is 20.3. The number of nitrogens with one attached hydrogen (secondary N) is 1. The maximum Gasteiger partial charge on any atom is 0.227 e. The fraction of sp³-hybridized carbons (Fsp3) is 0.652. The number of rotatable bonds is 4. The number of carbonyl (C=O) groups excluding carboxylic acids is 2. The van der Waals surface area contributed by atoms with Gasteiger partial charge in [-0.25, -0.2) is 0 Å². The second-order valence-electron chi connectivity index (χ2n) is 8.57.